The summed E-state index contributed by atoms with van der Waals surface area (Å²) in [5, 5.41) is 11.9. The normalized spacial score (nSPS) is 11.5. The summed E-state index contributed by atoms with van der Waals surface area (Å²) in [5.74, 6) is 1.84. The zero-order valence-electron chi connectivity index (χ0n) is 20.7. The van der Waals surface area contributed by atoms with Crippen LogP contribution in [0.5, 0.6) is 5.88 Å². The molecule has 7 nitrogen and oxygen atoms in total. The number of nitrogens with zero attached hydrogens (tertiary/aromatic N) is 4. The lowest BCUT2D eigenvalue weighted by Gasteiger charge is -2.14. The number of anilines is 1. The first-order valence-electron chi connectivity index (χ1n) is 12.5. The van der Waals surface area contributed by atoms with E-state index in [0.29, 0.717) is 23.8 Å². The van der Waals surface area contributed by atoms with E-state index in [2.05, 4.69) is 58.2 Å². The van der Waals surface area contributed by atoms with Crippen LogP contribution < -0.4 is 15.8 Å². The minimum Gasteiger partial charge on any atom is -0.472 e. The first kappa shape index (κ1) is 25.0. The van der Waals surface area contributed by atoms with E-state index < -0.39 is 0 Å². The van der Waals surface area contributed by atoms with E-state index in [4.69, 9.17) is 15.5 Å². The van der Waals surface area contributed by atoms with Gasteiger partial charge < -0.3 is 20.4 Å². The Morgan fingerprint density at radius 2 is 1.70 bits per heavy atom. The number of unbranched alkanes of at least 4 members (excludes halogenated alkanes) is 4. The molecule has 180 valence electrons. The third-order valence-corrected chi connectivity index (χ3v) is 5.74. The Kier molecular flexibility index (Phi) is 9.48. The third-order valence-electron chi connectivity index (χ3n) is 5.74. The van der Waals surface area contributed by atoms with Crippen molar-refractivity contribution in [1.29, 1.82) is 0 Å². The van der Waals surface area contributed by atoms with Crippen molar-refractivity contribution in [2.24, 2.45) is 0 Å². The smallest absolute Gasteiger partial charge is 0.260 e. The molecule has 0 aliphatic rings. The Labute approximate surface area is 198 Å². The largest absolute Gasteiger partial charge is 0.472 e. The molecule has 0 radical (unpaired) electrons. The summed E-state index contributed by atoms with van der Waals surface area (Å²) in [6.07, 6.45) is 8.18. The van der Waals surface area contributed by atoms with E-state index in [0.717, 1.165) is 43.7 Å². The molecule has 7 heteroatoms. The monoisotopic (exact) mass is 452 g/mol. The molecular weight excluding hydrogens is 412 g/mol. The zero-order chi connectivity index (χ0) is 23.6. The first-order valence-corrected chi connectivity index (χ1v) is 12.5. The standard InChI is InChI=1S/C26H40N6O/c1-5-7-9-10-16-28-17-20-12-14-21(15-13-20)18-32-22(11-8-6-2)29-23-24(32)26(33-19(3)4)31-30-25(23)27/h12-15,19,28H,5-11,16-18H2,1-4H3,(H2,27,30). The van der Waals surface area contributed by atoms with Gasteiger partial charge in [0.15, 0.2) is 5.82 Å². The topological polar surface area (TPSA) is 90.9 Å². The van der Waals surface area contributed by atoms with Crippen LogP contribution in [0, 0.1) is 0 Å². The SMILES string of the molecule is CCCCCCNCc1ccc(Cn2c(CCCC)nc3c(N)nnc(OC(C)C)c32)cc1. The number of fused-ring (bicyclic) bond motifs is 1. The highest BCUT2D eigenvalue weighted by Gasteiger charge is 2.20. The summed E-state index contributed by atoms with van der Waals surface area (Å²) in [4.78, 5) is 4.85. The molecule has 0 amide bonds. The summed E-state index contributed by atoms with van der Waals surface area (Å²) >= 11 is 0. The maximum Gasteiger partial charge on any atom is 0.260 e. The molecule has 3 rings (SSSR count). The minimum atomic E-state index is -0.0117. The molecule has 3 aromatic rings. The summed E-state index contributed by atoms with van der Waals surface area (Å²) in [6.45, 7) is 11.1. The molecule has 0 fully saturated rings. The van der Waals surface area contributed by atoms with Crippen molar-refractivity contribution in [2.45, 2.75) is 91.8 Å². The lowest BCUT2D eigenvalue weighted by atomic mass is 10.1. The van der Waals surface area contributed by atoms with Crippen LogP contribution in [0.2, 0.25) is 0 Å². The maximum absolute atomic E-state index is 6.15. The molecule has 0 aliphatic heterocycles. The van der Waals surface area contributed by atoms with Crippen molar-refractivity contribution in [3.8, 4) is 5.88 Å². The predicted molar refractivity (Wildman–Crippen MR) is 136 cm³/mol. The van der Waals surface area contributed by atoms with Gasteiger partial charge in [0.05, 0.1) is 6.10 Å². The highest BCUT2D eigenvalue weighted by atomic mass is 16.5. The number of imidazole rings is 1. The molecule has 0 atom stereocenters. The molecular formula is C26H40N6O. The van der Waals surface area contributed by atoms with Crippen molar-refractivity contribution in [3.05, 3.63) is 41.2 Å². The lowest BCUT2D eigenvalue weighted by molar-refractivity contribution is 0.232. The van der Waals surface area contributed by atoms with Gasteiger partial charge in [-0.15, -0.1) is 10.2 Å². The van der Waals surface area contributed by atoms with Gasteiger partial charge in [-0.1, -0.05) is 63.8 Å². The van der Waals surface area contributed by atoms with Crippen LogP contribution in [0.1, 0.15) is 83.2 Å². The lowest BCUT2D eigenvalue weighted by Crippen LogP contribution is -2.14. The Morgan fingerprint density at radius 3 is 2.39 bits per heavy atom. The van der Waals surface area contributed by atoms with Crippen molar-refractivity contribution in [2.75, 3.05) is 12.3 Å². The van der Waals surface area contributed by atoms with E-state index >= 15 is 0 Å². The zero-order valence-corrected chi connectivity index (χ0v) is 20.7. The number of ether oxygens (including phenoxy) is 1. The second kappa shape index (κ2) is 12.5. The molecule has 0 bridgehead atoms. The van der Waals surface area contributed by atoms with Crippen LogP contribution in [0.15, 0.2) is 24.3 Å². The fraction of sp³-hybridized carbons (Fsp3) is 0.577. The number of hydrogen-bond donors (Lipinski definition) is 2. The van der Waals surface area contributed by atoms with Gasteiger partial charge >= 0.3 is 0 Å². The quantitative estimate of drug-likeness (QED) is 0.324. The number of rotatable bonds is 14. The molecule has 2 aromatic heterocycles. The van der Waals surface area contributed by atoms with E-state index in [1.165, 1.54) is 36.8 Å². The molecule has 33 heavy (non-hydrogen) atoms. The predicted octanol–water partition coefficient (Wildman–Crippen LogP) is 5.26. The summed E-state index contributed by atoms with van der Waals surface area (Å²) in [7, 11) is 0. The van der Waals surface area contributed by atoms with E-state index in [9.17, 15) is 0 Å². The van der Waals surface area contributed by atoms with Gasteiger partial charge in [-0.25, -0.2) is 4.98 Å². The molecule has 0 saturated heterocycles. The molecule has 1 aromatic carbocycles. The average molecular weight is 453 g/mol. The molecule has 3 N–H and O–H groups in total. The number of aromatic nitrogens is 4. The Balaban J connectivity index is 1.80. The van der Waals surface area contributed by atoms with Crippen molar-refractivity contribution in [1.82, 2.24) is 25.1 Å². The van der Waals surface area contributed by atoms with Gasteiger partial charge in [0.1, 0.15) is 16.9 Å². The van der Waals surface area contributed by atoms with Crippen molar-refractivity contribution < 1.29 is 4.74 Å². The third kappa shape index (κ3) is 6.90. The van der Waals surface area contributed by atoms with Crippen molar-refractivity contribution in [3.63, 3.8) is 0 Å². The van der Waals surface area contributed by atoms with Gasteiger partial charge in [-0.3, -0.25) is 0 Å². The van der Waals surface area contributed by atoms with Crippen LogP contribution in [0.3, 0.4) is 0 Å². The Bertz CT molecular complexity index is 996. The van der Waals surface area contributed by atoms with E-state index in [1.807, 2.05) is 13.8 Å². The summed E-state index contributed by atoms with van der Waals surface area (Å²) in [6, 6.07) is 8.81. The first-order chi connectivity index (χ1) is 16.0. The van der Waals surface area contributed by atoms with Crippen LogP contribution in [-0.4, -0.2) is 32.4 Å². The summed E-state index contributed by atoms with van der Waals surface area (Å²) in [5.41, 5.74) is 10.2. The molecule has 2 heterocycles. The maximum atomic E-state index is 6.15. The second-order valence-electron chi connectivity index (χ2n) is 9.03. The van der Waals surface area contributed by atoms with Gasteiger partial charge in [-0.2, -0.15) is 0 Å². The van der Waals surface area contributed by atoms with Crippen LogP contribution >= 0.6 is 0 Å². The molecule has 0 aliphatic carbocycles. The highest BCUT2D eigenvalue weighted by molar-refractivity contribution is 5.88. The minimum absolute atomic E-state index is 0.0117. The van der Waals surface area contributed by atoms with Crippen LogP contribution in [0.25, 0.3) is 11.0 Å². The van der Waals surface area contributed by atoms with Gasteiger partial charge in [-0.05, 0) is 44.4 Å². The fourth-order valence-electron chi connectivity index (χ4n) is 3.94. The van der Waals surface area contributed by atoms with Crippen molar-refractivity contribution >= 4 is 16.9 Å². The number of nitrogen functional groups attached to an aromatic ring is 1. The number of aryl methyl sites for hydroxylation is 1. The number of nitrogens with two attached hydrogens (primary N) is 1. The highest BCUT2D eigenvalue weighted by Crippen LogP contribution is 2.29. The van der Waals surface area contributed by atoms with Gasteiger partial charge in [0, 0.05) is 19.5 Å². The molecule has 0 spiro atoms. The van der Waals surface area contributed by atoms with Gasteiger partial charge in [0.2, 0.25) is 0 Å². The molecule has 0 unspecified atom stereocenters. The number of benzene rings is 1. The second-order valence-corrected chi connectivity index (χ2v) is 9.03. The van der Waals surface area contributed by atoms with E-state index in [1.54, 1.807) is 0 Å². The van der Waals surface area contributed by atoms with Gasteiger partial charge in [0.25, 0.3) is 5.88 Å². The van der Waals surface area contributed by atoms with E-state index in [-0.39, 0.29) is 6.10 Å². The van der Waals surface area contributed by atoms with Crippen LogP contribution in [0.4, 0.5) is 5.82 Å². The average Bonchev–Trinajstić information content (AvgIpc) is 3.16. The molecule has 0 saturated carbocycles. The summed E-state index contributed by atoms with van der Waals surface area (Å²) < 4.78 is 8.18. The number of hydrogen-bond acceptors (Lipinski definition) is 6. The number of nitrogens with one attached hydrogen (secondary N) is 1. The fourth-order valence-corrected chi connectivity index (χ4v) is 3.94. The Morgan fingerprint density at radius 1 is 0.970 bits per heavy atom. The van der Waals surface area contributed by atoms with Crippen LogP contribution in [-0.2, 0) is 19.5 Å². The Hall–Kier alpha value is -2.67.